The van der Waals surface area contributed by atoms with Gasteiger partial charge in [-0.25, -0.2) is 4.79 Å². The molecule has 0 radical (unpaired) electrons. The minimum atomic E-state index is -0.701. The Morgan fingerprint density at radius 1 is 1.32 bits per heavy atom. The van der Waals surface area contributed by atoms with E-state index in [0.29, 0.717) is 18.0 Å². The van der Waals surface area contributed by atoms with Crippen LogP contribution in [0.2, 0.25) is 0 Å². The predicted octanol–water partition coefficient (Wildman–Crippen LogP) is 1.10. The average molecular weight is 264 g/mol. The number of amides is 3. The number of methoxy groups -OCH3 is 2. The highest BCUT2D eigenvalue weighted by Crippen LogP contribution is 2.34. The van der Waals surface area contributed by atoms with Crippen LogP contribution >= 0.6 is 0 Å². The number of imide groups is 1. The quantitative estimate of drug-likeness (QED) is 0.886. The molecule has 1 heterocycles. The molecule has 19 heavy (non-hydrogen) atoms. The van der Waals surface area contributed by atoms with Gasteiger partial charge in [-0.2, -0.15) is 0 Å². The number of ether oxygens (including phenoxy) is 2. The highest BCUT2D eigenvalue weighted by molar-refractivity contribution is 5.95. The van der Waals surface area contributed by atoms with Crippen molar-refractivity contribution in [2.24, 2.45) is 5.73 Å². The average Bonchev–Trinajstić information content (AvgIpc) is 2.80. The Morgan fingerprint density at radius 2 is 2.00 bits per heavy atom. The van der Waals surface area contributed by atoms with Crippen LogP contribution in [-0.2, 0) is 4.79 Å². The first-order chi connectivity index (χ1) is 9.06. The standard InChI is InChI=1S/C13H16N2O4/c1-18-10-4-3-8(5-11(10)19-2)9-6-12(16)15(7-9)13(14)17/h3-5,9H,6-7H2,1-2H3,(H2,14,17). The Kier molecular flexibility index (Phi) is 3.59. The number of benzene rings is 1. The summed E-state index contributed by atoms with van der Waals surface area (Å²) in [5.74, 6) is 0.930. The van der Waals surface area contributed by atoms with E-state index in [1.807, 2.05) is 12.1 Å². The Labute approximate surface area is 111 Å². The van der Waals surface area contributed by atoms with E-state index in [4.69, 9.17) is 15.2 Å². The van der Waals surface area contributed by atoms with Gasteiger partial charge in [-0.05, 0) is 17.7 Å². The number of rotatable bonds is 3. The van der Waals surface area contributed by atoms with Crippen molar-refractivity contribution in [3.8, 4) is 11.5 Å². The molecule has 0 aromatic heterocycles. The summed E-state index contributed by atoms with van der Waals surface area (Å²) < 4.78 is 10.4. The van der Waals surface area contributed by atoms with Gasteiger partial charge < -0.3 is 15.2 Å². The van der Waals surface area contributed by atoms with Gasteiger partial charge in [-0.15, -0.1) is 0 Å². The van der Waals surface area contributed by atoms with E-state index in [-0.39, 0.29) is 18.2 Å². The molecule has 0 spiro atoms. The zero-order valence-corrected chi connectivity index (χ0v) is 10.9. The van der Waals surface area contributed by atoms with Gasteiger partial charge in [0.05, 0.1) is 14.2 Å². The number of hydrogen-bond donors (Lipinski definition) is 1. The molecule has 0 bridgehead atoms. The normalized spacial score (nSPS) is 18.5. The fourth-order valence-corrected chi connectivity index (χ4v) is 2.25. The molecular weight excluding hydrogens is 248 g/mol. The second-order valence-corrected chi connectivity index (χ2v) is 4.36. The number of primary amides is 1. The van der Waals surface area contributed by atoms with E-state index in [9.17, 15) is 9.59 Å². The van der Waals surface area contributed by atoms with Gasteiger partial charge in [0.15, 0.2) is 11.5 Å². The lowest BCUT2D eigenvalue weighted by Gasteiger charge is -2.14. The summed E-state index contributed by atoms with van der Waals surface area (Å²) in [5, 5.41) is 0. The number of likely N-dealkylation sites (tertiary alicyclic amines) is 1. The lowest BCUT2D eigenvalue weighted by Crippen LogP contribution is -2.36. The number of carbonyl (C=O) groups excluding carboxylic acids is 2. The summed E-state index contributed by atoms with van der Waals surface area (Å²) in [6.45, 7) is 0.309. The maximum atomic E-state index is 11.6. The molecule has 6 heteroatoms. The molecular formula is C13H16N2O4. The van der Waals surface area contributed by atoms with Crippen LogP contribution in [0.5, 0.6) is 11.5 Å². The van der Waals surface area contributed by atoms with E-state index < -0.39 is 6.03 Å². The molecule has 0 aliphatic carbocycles. The molecule has 102 valence electrons. The van der Waals surface area contributed by atoms with E-state index in [1.165, 1.54) is 0 Å². The lowest BCUT2D eigenvalue weighted by molar-refractivity contribution is -0.125. The summed E-state index contributed by atoms with van der Waals surface area (Å²) >= 11 is 0. The summed E-state index contributed by atoms with van der Waals surface area (Å²) in [6.07, 6.45) is 0.276. The summed E-state index contributed by atoms with van der Waals surface area (Å²) in [4.78, 5) is 23.8. The van der Waals surface area contributed by atoms with Gasteiger partial charge in [-0.3, -0.25) is 9.69 Å². The van der Waals surface area contributed by atoms with Crippen molar-refractivity contribution >= 4 is 11.9 Å². The molecule has 2 rings (SSSR count). The summed E-state index contributed by atoms with van der Waals surface area (Å²) in [7, 11) is 3.11. The number of urea groups is 1. The van der Waals surface area contributed by atoms with Gasteiger partial charge in [-0.1, -0.05) is 6.07 Å². The summed E-state index contributed by atoms with van der Waals surface area (Å²) in [6, 6.07) is 4.77. The van der Waals surface area contributed by atoms with Crippen molar-refractivity contribution in [1.29, 1.82) is 0 Å². The highest BCUT2D eigenvalue weighted by atomic mass is 16.5. The van der Waals surface area contributed by atoms with Crippen LogP contribution < -0.4 is 15.2 Å². The van der Waals surface area contributed by atoms with Gasteiger partial charge in [0, 0.05) is 18.9 Å². The van der Waals surface area contributed by atoms with Crippen LogP contribution in [0, 0.1) is 0 Å². The molecule has 1 saturated heterocycles. The Bertz CT molecular complexity index is 515. The molecule has 1 atom stereocenters. The maximum absolute atomic E-state index is 11.6. The van der Waals surface area contributed by atoms with Crippen LogP contribution in [0.15, 0.2) is 18.2 Å². The minimum Gasteiger partial charge on any atom is -0.493 e. The fourth-order valence-electron chi connectivity index (χ4n) is 2.25. The second-order valence-electron chi connectivity index (χ2n) is 4.36. The largest absolute Gasteiger partial charge is 0.493 e. The highest BCUT2D eigenvalue weighted by Gasteiger charge is 2.33. The zero-order chi connectivity index (χ0) is 14.0. The number of carbonyl (C=O) groups is 2. The predicted molar refractivity (Wildman–Crippen MR) is 68.2 cm³/mol. The minimum absolute atomic E-state index is 0.0557. The fraction of sp³-hybridized carbons (Fsp3) is 0.385. The molecule has 1 fully saturated rings. The number of hydrogen-bond acceptors (Lipinski definition) is 4. The van der Waals surface area contributed by atoms with Crippen molar-refractivity contribution in [2.75, 3.05) is 20.8 Å². The van der Waals surface area contributed by atoms with E-state index in [0.717, 1.165) is 10.5 Å². The third kappa shape index (κ3) is 2.47. The molecule has 1 aromatic rings. The van der Waals surface area contributed by atoms with Crippen LogP contribution in [-0.4, -0.2) is 37.6 Å². The molecule has 1 aliphatic rings. The molecule has 2 N–H and O–H groups in total. The first-order valence-electron chi connectivity index (χ1n) is 5.88. The Hall–Kier alpha value is -2.24. The van der Waals surface area contributed by atoms with Crippen LogP contribution in [0.25, 0.3) is 0 Å². The molecule has 1 unspecified atom stereocenters. The number of nitrogens with zero attached hydrogens (tertiary/aromatic N) is 1. The lowest BCUT2D eigenvalue weighted by atomic mass is 9.98. The SMILES string of the molecule is COc1ccc(C2CC(=O)N(C(N)=O)C2)cc1OC. The van der Waals surface area contributed by atoms with Gasteiger partial charge >= 0.3 is 6.03 Å². The molecule has 0 saturated carbocycles. The topological polar surface area (TPSA) is 81.9 Å². The third-order valence-electron chi connectivity index (χ3n) is 3.27. The van der Waals surface area contributed by atoms with Crippen molar-refractivity contribution in [3.63, 3.8) is 0 Å². The molecule has 1 aliphatic heterocycles. The molecule has 3 amide bonds. The maximum Gasteiger partial charge on any atom is 0.321 e. The second kappa shape index (κ2) is 5.17. The van der Waals surface area contributed by atoms with Crippen molar-refractivity contribution in [2.45, 2.75) is 12.3 Å². The van der Waals surface area contributed by atoms with Crippen LogP contribution in [0.1, 0.15) is 17.9 Å². The van der Waals surface area contributed by atoms with E-state index in [2.05, 4.69) is 0 Å². The van der Waals surface area contributed by atoms with Crippen molar-refractivity contribution in [1.82, 2.24) is 4.90 Å². The van der Waals surface area contributed by atoms with Crippen molar-refractivity contribution in [3.05, 3.63) is 23.8 Å². The summed E-state index contributed by atoms with van der Waals surface area (Å²) in [5.41, 5.74) is 6.08. The van der Waals surface area contributed by atoms with Crippen LogP contribution in [0.3, 0.4) is 0 Å². The molecule has 6 nitrogen and oxygen atoms in total. The Morgan fingerprint density at radius 3 is 2.53 bits per heavy atom. The first-order valence-corrected chi connectivity index (χ1v) is 5.88. The van der Waals surface area contributed by atoms with E-state index in [1.54, 1.807) is 20.3 Å². The number of nitrogens with two attached hydrogens (primary N) is 1. The zero-order valence-electron chi connectivity index (χ0n) is 10.9. The van der Waals surface area contributed by atoms with E-state index >= 15 is 0 Å². The van der Waals surface area contributed by atoms with Gasteiger partial charge in [0.2, 0.25) is 5.91 Å². The van der Waals surface area contributed by atoms with Gasteiger partial charge in [0.25, 0.3) is 0 Å². The van der Waals surface area contributed by atoms with Gasteiger partial charge in [0.1, 0.15) is 0 Å². The van der Waals surface area contributed by atoms with Crippen molar-refractivity contribution < 1.29 is 19.1 Å². The monoisotopic (exact) mass is 264 g/mol. The van der Waals surface area contributed by atoms with Crippen LogP contribution in [0.4, 0.5) is 4.79 Å². The smallest absolute Gasteiger partial charge is 0.321 e. The Balaban J connectivity index is 2.24. The molecule has 1 aromatic carbocycles. The third-order valence-corrected chi connectivity index (χ3v) is 3.27. The first kappa shape index (κ1) is 13.2.